The van der Waals surface area contributed by atoms with Gasteiger partial charge in [-0.05, 0) is 36.5 Å². The van der Waals surface area contributed by atoms with Crippen LogP contribution in [-0.2, 0) is 4.79 Å². The van der Waals surface area contributed by atoms with Crippen LogP contribution in [0, 0.1) is 5.82 Å². The second kappa shape index (κ2) is 5.98. The SMILES string of the molecule is CCCCOc1ccc([C@@H]2CCC(=O)C2)cc1F. The van der Waals surface area contributed by atoms with Gasteiger partial charge in [0.25, 0.3) is 0 Å². The number of rotatable bonds is 5. The summed E-state index contributed by atoms with van der Waals surface area (Å²) < 4.78 is 19.2. The van der Waals surface area contributed by atoms with Crippen molar-refractivity contribution >= 4 is 5.78 Å². The molecule has 1 saturated carbocycles. The molecular weight excluding hydrogens is 231 g/mol. The molecular formula is C15H19FO2. The summed E-state index contributed by atoms with van der Waals surface area (Å²) in [6.07, 6.45) is 3.98. The van der Waals surface area contributed by atoms with Gasteiger partial charge in [-0.15, -0.1) is 0 Å². The van der Waals surface area contributed by atoms with Crippen LogP contribution in [0.5, 0.6) is 5.75 Å². The minimum Gasteiger partial charge on any atom is -0.491 e. The number of hydrogen-bond donors (Lipinski definition) is 0. The van der Waals surface area contributed by atoms with Gasteiger partial charge in [-0.2, -0.15) is 0 Å². The number of halogens is 1. The fourth-order valence-corrected chi connectivity index (χ4v) is 2.31. The predicted octanol–water partition coefficient (Wildman–Crippen LogP) is 3.84. The molecule has 1 atom stereocenters. The number of benzene rings is 1. The van der Waals surface area contributed by atoms with Crippen molar-refractivity contribution in [1.82, 2.24) is 0 Å². The van der Waals surface area contributed by atoms with Gasteiger partial charge in [0.2, 0.25) is 0 Å². The highest BCUT2D eigenvalue weighted by Crippen LogP contribution is 2.33. The molecule has 2 nitrogen and oxygen atoms in total. The lowest BCUT2D eigenvalue weighted by atomic mass is 9.97. The highest BCUT2D eigenvalue weighted by atomic mass is 19.1. The maximum Gasteiger partial charge on any atom is 0.165 e. The van der Waals surface area contributed by atoms with E-state index >= 15 is 0 Å². The van der Waals surface area contributed by atoms with Crippen LogP contribution in [0.15, 0.2) is 18.2 Å². The maximum absolute atomic E-state index is 13.8. The first-order valence-electron chi connectivity index (χ1n) is 6.64. The van der Waals surface area contributed by atoms with Crippen molar-refractivity contribution in [3.63, 3.8) is 0 Å². The largest absolute Gasteiger partial charge is 0.491 e. The van der Waals surface area contributed by atoms with Crippen molar-refractivity contribution in [3.8, 4) is 5.75 Å². The molecule has 0 spiro atoms. The van der Waals surface area contributed by atoms with Crippen LogP contribution in [0.3, 0.4) is 0 Å². The lowest BCUT2D eigenvalue weighted by Crippen LogP contribution is -2.00. The Labute approximate surface area is 107 Å². The molecule has 0 amide bonds. The lowest BCUT2D eigenvalue weighted by molar-refractivity contribution is -0.117. The van der Waals surface area contributed by atoms with E-state index in [0.717, 1.165) is 24.8 Å². The molecule has 0 aromatic heterocycles. The van der Waals surface area contributed by atoms with E-state index in [-0.39, 0.29) is 17.5 Å². The number of carbonyl (C=O) groups is 1. The summed E-state index contributed by atoms with van der Waals surface area (Å²) in [5.74, 6) is 0.472. The molecule has 0 bridgehead atoms. The fraction of sp³-hybridized carbons (Fsp3) is 0.533. The Bertz CT molecular complexity index is 429. The van der Waals surface area contributed by atoms with E-state index in [1.807, 2.05) is 6.07 Å². The standard InChI is InChI=1S/C15H19FO2/c1-2-3-8-18-15-7-5-12(10-14(15)16)11-4-6-13(17)9-11/h5,7,10-11H,2-4,6,8-9H2,1H3/t11-/m1/s1. The predicted molar refractivity (Wildman–Crippen MR) is 68.4 cm³/mol. The van der Waals surface area contributed by atoms with Crippen molar-refractivity contribution < 1.29 is 13.9 Å². The van der Waals surface area contributed by atoms with E-state index in [9.17, 15) is 9.18 Å². The Morgan fingerprint density at radius 3 is 2.89 bits per heavy atom. The molecule has 0 saturated heterocycles. The number of ketones is 1. The molecule has 3 heteroatoms. The van der Waals surface area contributed by atoms with E-state index < -0.39 is 0 Å². The second-order valence-corrected chi connectivity index (χ2v) is 4.87. The van der Waals surface area contributed by atoms with Crippen LogP contribution in [-0.4, -0.2) is 12.4 Å². The number of unbranched alkanes of at least 4 members (excludes halogenated alkanes) is 1. The van der Waals surface area contributed by atoms with Crippen LogP contribution >= 0.6 is 0 Å². The highest BCUT2D eigenvalue weighted by molar-refractivity contribution is 5.81. The zero-order valence-corrected chi connectivity index (χ0v) is 10.7. The molecule has 0 N–H and O–H groups in total. The summed E-state index contributed by atoms with van der Waals surface area (Å²) in [7, 11) is 0. The molecule has 1 aliphatic carbocycles. The third-order valence-electron chi connectivity index (χ3n) is 3.43. The molecule has 1 aromatic carbocycles. The van der Waals surface area contributed by atoms with E-state index in [4.69, 9.17) is 4.74 Å². The highest BCUT2D eigenvalue weighted by Gasteiger charge is 2.24. The van der Waals surface area contributed by atoms with Gasteiger partial charge in [-0.3, -0.25) is 4.79 Å². The normalized spacial score (nSPS) is 19.2. The molecule has 0 aliphatic heterocycles. The molecule has 0 heterocycles. The topological polar surface area (TPSA) is 26.3 Å². The Morgan fingerprint density at radius 2 is 2.28 bits per heavy atom. The van der Waals surface area contributed by atoms with Crippen LogP contribution < -0.4 is 4.74 Å². The van der Waals surface area contributed by atoms with Gasteiger partial charge in [-0.1, -0.05) is 19.4 Å². The average Bonchev–Trinajstić information content (AvgIpc) is 2.78. The van der Waals surface area contributed by atoms with Gasteiger partial charge in [0.1, 0.15) is 5.78 Å². The molecule has 1 aliphatic rings. The summed E-state index contributed by atoms with van der Waals surface area (Å²) in [5.41, 5.74) is 0.918. The van der Waals surface area contributed by atoms with E-state index in [0.29, 0.717) is 25.2 Å². The van der Waals surface area contributed by atoms with Crippen molar-refractivity contribution in [2.75, 3.05) is 6.61 Å². The molecule has 2 rings (SSSR count). The van der Waals surface area contributed by atoms with Crippen LogP contribution in [0.2, 0.25) is 0 Å². The van der Waals surface area contributed by atoms with Crippen molar-refractivity contribution in [1.29, 1.82) is 0 Å². The smallest absolute Gasteiger partial charge is 0.165 e. The van der Waals surface area contributed by atoms with Crippen molar-refractivity contribution in [2.24, 2.45) is 0 Å². The first-order chi connectivity index (χ1) is 8.70. The van der Waals surface area contributed by atoms with Crippen LogP contribution in [0.4, 0.5) is 4.39 Å². The average molecular weight is 250 g/mol. The van der Waals surface area contributed by atoms with Crippen molar-refractivity contribution in [3.05, 3.63) is 29.6 Å². The third-order valence-corrected chi connectivity index (χ3v) is 3.43. The van der Waals surface area contributed by atoms with Gasteiger partial charge in [-0.25, -0.2) is 4.39 Å². The first-order valence-corrected chi connectivity index (χ1v) is 6.64. The minimum atomic E-state index is -0.317. The van der Waals surface area contributed by atoms with Gasteiger partial charge < -0.3 is 4.74 Å². The molecule has 1 fully saturated rings. The number of hydrogen-bond acceptors (Lipinski definition) is 2. The monoisotopic (exact) mass is 250 g/mol. The summed E-state index contributed by atoms with van der Waals surface area (Å²) in [6, 6.07) is 5.08. The van der Waals surface area contributed by atoms with E-state index in [2.05, 4.69) is 6.92 Å². The Kier molecular flexibility index (Phi) is 4.34. The fourth-order valence-electron chi connectivity index (χ4n) is 2.31. The number of Topliss-reactive ketones (excluding diaryl/α,β-unsaturated/α-hetero) is 1. The first kappa shape index (κ1) is 13.1. The van der Waals surface area contributed by atoms with Crippen LogP contribution in [0.25, 0.3) is 0 Å². The maximum atomic E-state index is 13.8. The third kappa shape index (κ3) is 3.09. The summed E-state index contributed by atoms with van der Waals surface area (Å²) in [6.45, 7) is 2.62. The second-order valence-electron chi connectivity index (χ2n) is 4.87. The number of carbonyl (C=O) groups excluding carboxylic acids is 1. The summed E-state index contributed by atoms with van der Waals surface area (Å²) >= 11 is 0. The van der Waals surface area contributed by atoms with Crippen LogP contribution in [0.1, 0.15) is 50.5 Å². The summed E-state index contributed by atoms with van der Waals surface area (Å²) in [4.78, 5) is 11.2. The molecule has 18 heavy (non-hydrogen) atoms. The molecule has 1 aromatic rings. The zero-order valence-electron chi connectivity index (χ0n) is 10.7. The Hall–Kier alpha value is -1.38. The van der Waals surface area contributed by atoms with Gasteiger partial charge in [0.05, 0.1) is 6.61 Å². The van der Waals surface area contributed by atoms with Crippen molar-refractivity contribution in [2.45, 2.75) is 44.9 Å². The minimum absolute atomic E-state index is 0.191. The van der Waals surface area contributed by atoms with E-state index in [1.165, 1.54) is 6.07 Å². The van der Waals surface area contributed by atoms with Gasteiger partial charge >= 0.3 is 0 Å². The number of ether oxygens (including phenoxy) is 1. The lowest BCUT2D eigenvalue weighted by Gasteiger charge is -2.11. The Balaban J connectivity index is 2.02. The van der Waals surface area contributed by atoms with Gasteiger partial charge in [0, 0.05) is 12.8 Å². The molecule has 0 radical (unpaired) electrons. The molecule has 98 valence electrons. The zero-order chi connectivity index (χ0) is 13.0. The molecule has 0 unspecified atom stereocenters. The van der Waals surface area contributed by atoms with E-state index in [1.54, 1.807) is 6.07 Å². The van der Waals surface area contributed by atoms with Gasteiger partial charge in [0.15, 0.2) is 11.6 Å². The quantitative estimate of drug-likeness (QED) is 0.742. The summed E-state index contributed by atoms with van der Waals surface area (Å²) in [5, 5.41) is 0. The Morgan fingerprint density at radius 1 is 1.44 bits per heavy atom.